The first-order valence-electron chi connectivity index (χ1n) is 10.8. The molecule has 0 bridgehead atoms. The monoisotopic (exact) mass is 467 g/mol. The van der Waals surface area contributed by atoms with Crippen LogP contribution in [0.25, 0.3) is 0 Å². The van der Waals surface area contributed by atoms with Crippen molar-refractivity contribution in [1.82, 2.24) is 4.90 Å². The molecule has 0 saturated carbocycles. The molecule has 184 valence electrons. The first-order chi connectivity index (χ1) is 15.3. The fraction of sp³-hybridized carbons (Fsp3) is 0.652. The number of aliphatic hydroxyl groups excluding tert-OH is 2. The summed E-state index contributed by atoms with van der Waals surface area (Å²) in [6, 6.07) is 5.32. The molecule has 1 aromatic rings. The summed E-state index contributed by atoms with van der Waals surface area (Å²) in [5, 5.41) is 21.6. The zero-order valence-electron chi connectivity index (χ0n) is 19.8. The van der Waals surface area contributed by atoms with Gasteiger partial charge in [0.05, 0.1) is 25.3 Å². The number of nitrogens with zero attached hydrogens (tertiary/aromatic N) is 1. The topological polar surface area (TPSA) is 124 Å². The van der Waals surface area contributed by atoms with Crippen LogP contribution in [0.2, 0.25) is 0 Å². The van der Waals surface area contributed by atoms with Gasteiger partial charge in [-0.05, 0) is 58.9 Å². The van der Waals surface area contributed by atoms with E-state index in [2.05, 4.69) is 0 Å². The molecule has 0 aromatic heterocycles. The Hall–Kier alpha value is -2.40. The molecule has 2 fully saturated rings. The predicted octanol–water partition coefficient (Wildman–Crippen LogP) is 1.71. The highest BCUT2D eigenvalue weighted by Gasteiger charge is 2.57. The number of aliphatic hydroxyl groups is 2. The summed E-state index contributed by atoms with van der Waals surface area (Å²) in [4.78, 5) is 26.4. The van der Waals surface area contributed by atoms with Gasteiger partial charge in [-0.25, -0.2) is 9.59 Å². The van der Waals surface area contributed by atoms with Gasteiger partial charge in [0.1, 0.15) is 42.4 Å². The van der Waals surface area contributed by atoms with Crippen molar-refractivity contribution < 1.29 is 43.5 Å². The molecule has 0 radical (unpaired) electrons. The Labute approximate surface area is 193 Å². The molecule has 0 aliphatic carbocycles. The number of rotatable bonds is 6. The summed E-state index contributed by atoms with van der Waals surface area (Å²) >= 11 is 0. The summed E-state index contributed by atoms with van der Waals surface area (Å²) in [5.41, 5.74) is -0.485. The minimum Gasteiger partial charge on any atom is -0.497 e. The molecule has 3 rings (SSSR count). The second-order valence-corrected chi connectivity index (χ2v) is 9.65. The fourth-order valence-electron chi connectivity index (χ4n) is 3.98. The van der Waals surface area contributed by atoms with Gasteiger partial charge >= 0.3 is 12.1 Å². The van der Waals surface area contributed by atoms with E-state index < -0.39 is 60.5 Å². The van der Waals surface area contributed by atoms with E-state index >= 15 is 0 Å². The number of methoxy groups -OCH3 is 1. The van der Waals surface area contributed by atoms with Gasteiger partial charge in [-0.2, -0.15) is 0 Å². The van der Waals surface area contributed by atoms with Crippen LogP contribution in [0.1, 0.15) is 45.0 Å². The number of hydrogen-bond acceptors (Lipinski definition) is 9. The molecule has 2 N–H and O–H groups in total. The SMILES string of the molecule is COc1ccc(C(=O)OC[C@H](O)[C@@H](O)[C@@H]2[C@H]3OC(C)(C)O[C@H]3CN2C(=O)OC(C)(C)C)cc1. The third kappa shape index (κ3) is 5.94. The first-order valence-corrected chi connectivity index (χ1v) is 10.8. The Kier molecular flexibility index (Phi) is 7.23. The van der Waals surface area contributed by atoms with Crippen LogP contribution in [0.4, 0.5) is 4.79 Å². The van der Waals surface area contributed by atoms with Crippen LogP contribution in [0.15, 0.2) is 24.3 Å². The third-order valence-corrected chi connectivity index (χ3v) is 5.38. The summed E-state index contributed by atoms with van der Waals surface area (Å²) in [7, 11) is 1.51. The number of esters is 1. The molecule has 1 aromatic carbocycles. The van der Waals surface area contributed by atoms with E-state index in [1.165, 1.54) is 24.1 Å². The van der Waals surface area contributed by atoms with Gasteiger partial charge in [-0.3, -0.25) is 4.90 Å². The highest BCUT2D eigenvalue weighted by atomic mass is 16.8. The molecule has 2 heterocycles. The van der Waals surface area contributed by atoms with E-state index in [-0.39, 0.29) is 12.1 Å². The van der Waals surface area contributed by atoms with Gasteiger partial charge in [0.15, 0.2) is 5.79 Å². The lowest BCUT2D eigenvalue weighted by Crippen LogP contribution is -2.54. The van der Waals surface area contributed by atoms with E-state index in [0.29, 0.717) is 5.75 Å². The number of amides is 1. The number of benzene rings is 1. The van der Waals surface area contributed by atoms with Crippen LogP contribution in [0.3, 0.4) is 0 Å². The van der Waals surface area contributed by atoms with Crippen molar-refractivity contribution in [2.24, 2.45) is 0 Å². The molecule has 2 saturated heterocycles. The van der Waals surface area contributed by atoms with E-state index in [1.807, 2.05) is 0 Å². The quantitative estimate of drug-likeness (QED) is 0.602. The fourth-order valence-corrected chi connectivity index (χ4v) is 3.98. The van der Waals surface area contributed by atoms with Gasteiger partial charge in [-0.1, -0.05) is 0 Å². The standard InChI is InChI=1S/C23H33NO9/c1-22(2,3)33-21(28)24-11-16-19(32-23(4,5)31-16)17(24)18(26)15(25)12-30-20(27)13-7-9-14(29-6)10-8-13/h7-10,15-19,25-26H,11-12H2,1-6H3/t15-,16-,17+,18+,19-/m0/s1. The van der Waals surface area contributed by atoms with Crippen LogP contribution in [0.5, 0.6) is 5.75 Å². The average Bonchev–Trinajstić information content (AvgIpc) is 3.21. The van der Waals surface area contributed by atoms with Crippen molar-refractivity contribution in [3.05, 3.63) is 29.8 Å². The maximum absolute atomic E-state index is 12.8. The number of carbonyl (C=O) groups excluding carboxylic acids is 2. The zero-order valence-corrected chi connectivity index (χ0v) is 19.8. The van der Waals surface area contributed by atoms with Gasteiger partial charge in [0, 0.05) is 0 Å². The molecule has 10 heteroatoms. The lowest BCUT2D eigenvalue weighted by atomic mass is 10.0. The molecule has 10 nitrogen and oxygen atoms in total. The van der Waals surface area contributed by atoms with Crippen LogP contribution in [-0.2, 0) is 18.9 Å². The lowest BCUT2D eigenvalue weighted by molar-refractivity contribution is -0.171. The predicted molar refractivity (Wildman–Crippen MR) is 116 cm³/mol. The van der Waals surface area contributed by atoms with Crippen LogP contribution < -0.4 is 4.74 Å². The van der Waals surface area contributed by atoms with E-state index in [9.17, 15) is 19.8 Å². The Bertz CT molecular complexity index is 848. The average molecular weight is 468 g/mol. The molecule has 2 aliphatic heterocycles. The highest BCUT2D eigenvalue weighted by molar-refractivity contribution is 5.89. The Morgan fingerprint density at radius 1 is 1.18 bits per heavy atom. The smallest absolute Gasteiger partial charge is 0.410 e. The maximum Gasteiger partial charge on any atom is 0.410 e. The van der Waals surface area contributed by atoms with Crippen molar-refractivity contribution in [3.8, 4) is 5.75 Å². The number of ether oxygens (including phenoxy) is 5. The maximum atomic E-state index is 12.8. The minimum absolute atomic E-state index is 0.128. The van der Waals surface area contributed by atoms with Crippen LogP contribution >= 0.6 is 0 Å². The van der Waals surface area contributed by atoms with Crippen molar-refractivity contribution in [1.29, 1.82) is 0 Å². The Morgan fingerprint density at radius 2 is 1.82 bits per heavy atom. The van der Waals surface area contributed by atoms with Crippen molar-refractivity contribution in [2.75, 3.05) is 20.3 Å². The van der Waals surface area contributed by atoms with Crippen LogP contribution in [0, 0.1) is 0 Å². The molecular formula is C23H33NO9. The van der Waals surface area contributed by atoms with Gasteiger partial charge in [0.25, 0.3) is 0 Å². The molecule has 33 heavy (non-hydrogen) atoms. The van der Waals surface area contributed by atoms with E-state index in [1.54, 1.807) is 46.8 Å². The summed E-state index contributed by atoms with van der Waals surface area (Å²) < 4.78 is 27.5. The first kappa shape index (κ1) is 25.2. The molecule has 2 aliphatic rings. The minimum atomic E-state index is -1.48. The number of hydrogen-bond donors (Lipinski definition) is 2. The molecule has 5 atom stereocenters. The second kappa shape index (κ2) is 9.46. The molecule has 1 amide bonds. The number of likely N-dealkylation sites (tertiary alicyclic amines) is 1. The second-order valence-electron chi connectivity index (χ2n) is 9.65. The Balaban J connectivity index is 1.69. The van der Waals surface area contributed by atoms with Gasteiger partial charge < -0.3 is 33.9 Å². The summed E-state index contributed by atoms with van der Waals surface area (Å²) in [5.74, 6) is -0.987. The van der Waals surface area contributed by atoms with Crippen LogP contribution in [-0.4, -0.2) is 89.3 Å². The molecular weight excluding hydrogens is 434 g/mol. The Morgan fingerprint density at radius 3 is 2.39 bits per heavy atom. The molecule has 0 unspecified atom stereocenters. The largest absolute Gasteiger partial charge is 0.497 e. The van der Waals surface area contributed by atoms with Gasteiger partial charge in [0.2, 0.25) is 0 Å². The van der Waals surface area contributed by atoms with Gasteiger partial charge in [-0.15, -0.1) is 0 Å². The van der Waals surface area contributed by atoms with E-state index in [0.717, 1.165) is 0 Å². The lowest BCUT2D eigenvalue weighted by Gasteiger charge is -2.35. The van der Waals surface area contributed by atoms with Crippen molar-refractivity contribution >= 4 is 12.1 Å². The highest BCUT2D eigenvalue weighted by Crippen LogP contribution is 2.39. The number of fused-ring (bicyclic) bond motifs is 1. The molecule has 0 spiro atoms. The summed E-state index contributed by atoms with van der Waals surface area (Å²) in [6.07, 6.45) is -4.80. The number of carbonyl (C=O) groups is 2. The zero-order chi connectivity index (χ0) is 24.6. The summed E-state index contributed by atoms with van der Waals surface area (Å²) in [6.45, 7) is 8.32. The van der Waals surface area contributed by atoms with E-state index in [4.69, 9.17) is 23.7 Å². The third-order valence-electron chi connectivity index (χ3n) is 5.38. The van der Waals surface area contributed by atoms with Crippen molar-refractivity contribution in [3.63, 3.8) is 0 Å². The van der Waals surface area contributed by atoms with Crippen molar-refractivity contribution in [2.45, 2.75) is 76.5 Å². The normalized spacial score (nSPS) is 25.8.